The Labute approximate surface area is 171 Å². The summed E-state index contributed by atoms with van der Waals surface area (Å²) in [5.41, 5.74) is 4.57. The molecule has 0 bridgehead atoms. The molecule has 0 atom stereocenters. The highest BCUT2D eigenvalue weighted by Crippen LogP contribution is 2.40. The smallest absolute Gasteiger partial charge is 0.136 e. The Balaban J connectivity index is 1.66. The van der Waals surface area contributed by atoms with Crippen LogP contribution in [0.5, 0.6) is 0 Å². The van der Waals surface area contributed by atoms with Crippen molar-refractivity contribution in [3.8, 4) is 11.3 Å². The topological polar surface area (TPSA) is 50.3 Å². The Kier molecular flexibility index (Phi) is 5.12. The van der Waals surface area contributed by atoms with E-state index in [2.05, 4.69) is 16.3 Å². The highest BCUT2D eigenvalue weighted by atomic mass is 35.5. The first-order valence-corrected chi connectivity index (χ1v) is 10.9. The van der Waals surface area contributed by atoms with Crippen LogP contribution in [0.4, 0.5) is 11.5 Å². The van der Waals surface area contributed by atoms with E-state index in [4.69, 9.17) is 26.3 Å². The number of morpholine rings is 1. The van der Waals surface area contributed by atoms with Crippen molar-refractivity contribution < 1.29 is 4.74 Å². The third-order valence-electron chi connectivity index (χ3n) is 6.21. The van der Waals surface area contributed by atoms with E-state index in [1.807, 2.05) is 12.1 Å². The fourth-order valence-corrected chi connectivity index (χ4v) is 4.89. The number of halogens is 1. The van der Waals surface area contributed by atoms with Crippen molar-refractivity contribution in [1.29, 1.82) is 0 Å². The largest absolute Gasteiger partial charge is 0.384 e. The Hall–Kier alpha value is -1.85. The van der Waals surface area contributed by atoms with Gasteiger partial charge in [0.05, 0.1) is 18.9 Å². The number of fused-ring (bicyclic) bond motifs is 3. The lowest BCUT2D eigenvalue weighted by Crippen LogP contribution is -2.38. The molecular formula is C22H27ClN4O. The molecule has 1 aliphatic carbocycles. The molecule has 1 aromatic carbocycles. The molecule has 3 aliphatic rings. The molecule has 1 N–H and O–H groups in total. The highest BCUT2D eigenvalue weighted by Gasteiger charge is 2.27. The van der Waals surface area contributed by atoms with Gasteiger partial charge in [-0.2, -0.15) is 0 Å². The second kappa shape index (κ2) is 7.88. The molecule has 0 amide bonds. The number of nitrogens with one attached hydrogen (secondary N) is 1. The summed E-state index contributed by atoms with van der Waals surface area (Å²) in [6, 6.07) is 6.09. The molecule has 6 heteroatoms. The molecule has 148 valence electrons. The van der Waals surface area contributed by atoms with Crippen LogP contribution >= 0.6 is 11.6 Å². The molecule has 1 saturated carbocycles. The molecule has 2 aromatic rings. The van der Waals surface area contributed by atoms with E-state index in [9.17, 15) is 0 Å². The number of hydrogen-bond acceptors (Lipinski definition) is 5. The number of anilines is 2. The first-order valence-electron chi connectivity index (χ1n) is 10.6. The zero-order chi connectivity index (χ0) is 18.9. The Morgan fingerprint density at radius 3 is 2.71 bits per heavy atom. The van der Waals surface area contributed by atoms with Gasteiger partial charge in [-0.05, 0) is 37.5 Å². The predicted molar refractivity (Wildman–Crippen MR) is 114 cm³/mol. The molecule has 0 spiro atoms. The predicted octanol–water partition coefficient (Wildman–Crippen LogP) is 4.65. The second-order valence-corrected chi connectivity index (χ2v) is 8.47. The van der Waals surface area contributed by atoms with Gasteiger partial charge in [0.2, 0.25) is 0 Å². The average molecular weight is 399 g/mol. The fraction of sp³-hybridized carbons (Fsp3) is 0.545. The maximum atomic E-state index is 6.27. The molecular weight excluding hydrogens is 372 g/mol. The van der Waals surface area contributed by atoms with Crippen LogP contribution in [-0.2, 0) is 11.2 Å². The normalized spacial score (nSPS) is 20.1. The molecule has 1 aromatic heterocycles. The van der Waals surface area contributed by atoms with E-state index in [1.54, 1.807) is 0 Å². The van der Waals surface area contributed by atoms with Gasteiger partial charge in [0, 0.05) is 47.4 Å². The van der Waals surface area contributed by atoms with Gasteiger partial charge in [-0.3, -0.25) is 0 Å². The number of aromatic nitrogens is 2. The lowest BCUT2D eigenvalue weighted by molar-refractivity contribution is 0.122. The van der Waals surface area contributed by atoms with Crippen LogP contribution in [0.3, 0.4) is 0 Å². The second-order valence-electron chi connectivity index (χ2n) is 8.03. The number of ether oxygens (including phenoxy) is 1. The molecule has 2 fully saturated rings. The lowest BCUT2D eigenvalue weighted by Gasteiger charge is -2.31. The van der Waals surface area contributed by atoms with Crippen molar-refractivity contribution in [3.05, 3.63) is 34.6 Å². The SMILES string of the molecule is Clc1ccc2c(c1)NCCc1c-2nc(C2CCCCC2)nc1N1CCOCC1. The number of benzene rings is 1. The Morgan fingerprint density at radius 1 is 1.07 bits per heavy atom. The van der Waals surface area contributed by atoms with E-state index in [-0.39, 0.29) is 0 Å². The monoisotopic (exact) mass is 398 g/mol. The van der Waals surface area contributed by atoms with Crippen molar-refractivity contribution in [3.63, 3.8) is 0 Å². The molecule has 2 aliphatic heterocycles. The van der Waals surface area contributed by atoms with Crippen LogP contribution in [0, 0.1) is 0 Å². The third kappa shape index (κ3) is 3.46. The van der Waals surface area contributed by atoms with Gasteiger partial charge in [-0.15, -0.1) is 0 Å². The number of hydrogen-bond donors (Lipinski definition) is 1. The van der Waals surface area contributed by atoms with Crippen molar-refractivity contribution in [2.24, 2.45) is 0 Å². The van der Waals surface area contributed by atoms with Crippen molar-refractivity contribution in [2.45, 2.75) is 44.4 Å². The highest BCUT2D eigenvalue weighted by molar-refractivity contribution is 6.31. The first kappa shape index (κ1) is 18.2. The quantitative estimate of drug-likeness (QED) is 0.797. The van der Waals surface area contributed by atoms with E-state index >= 15 is 0 Å². The number of rotatable bonds is 2. The van der Waals surface area contributed by atoms with Crippen LogP contribution in [0.2, 0.25) is 5.02 Å². The van der Waals surface area contributed by atoms with E-state index in [0.717, 1.165) is 72.9 Å². The summed E-state index contributed by atoms with van der Waals surface area (Å²) in [4.78, 5) is 12.7. The minimum absolute atomic E-state index is 0.478. The molecule has 1 saturated heterocycles. The third-order valence-corrected chi connectivity index (χ3v) is 6.45. The molecule has 3 heterocycles. The summed E-state index contributed by atoms with van der Waals surface area (Å²) in [6.45, 7) is 4.19. The summed E-state index contributed by atoms with van der Waals surface area (Å²) in [5, 5.41) is 4.30. The zero-order valence-electron chi connectivity index (χ0n) is 16.2. The summed E-state index contributed by atoms with van der Waals surface area (Å²) in [5.74, 6) is 2.63. The minimum Gasteiger partial charge on any atom is -0.384 e. The van der Waals surface area contributed by atoms with Crippen molar-refractivity contribution in [1.82, 2.24) is 9.97 Å². The van der Waals surface area contributed by atoms with Crippen molar-refractivity contribution >= 4 is 23.1 Å². The maximum Gasteiger partial charge on any atom is 0.136 e. The molecule has 0 unspecified atom stereocenters. The maximum absolute atomic E-state index is 6.27. The van der Waals surface area contributed by atoms with Crippen LogP contribution < -0.4 is 10.2 Å². The first-order chi connectivity index (χ1) is 13.8. The lowest BCUT2D eigenvalue weighted by atomic mass is 9.88. The van der Waals surface area contributed by atoms with Gasteiger partial charge >= 0.3 is 0 Å². The standard InChI is InChI=1S/C22H27ClN4O/c23-16-6-7-17-19(14-16)24-9-8-18-20(17)25-21(15-4-2-1-3-5-15)26-22(18)27-10-12-28-13-11-27/h6-7,14-15,24H,1-5,8-13H2. The fourth-order valence-electron chi connectivity index (χ4n) is 4.71. The van der Waals surface area contributed by atoms with Crippen LogP contribution in [0.15, 0.2) is 18.2 Å². The van der Waals surface area contributed by atoms with Gasteiger partial charge in [0.15, 0.2) is 0 Å². The van der Waals surface area contributed by atoms with Gasteiger partial charge in [0.25, 0.3) is 0 Å². The Morgan fingerprint density at radius 2 is 1.89 bits per heavy atom. The van der Waals surface area contributed by atoms with Crippen molar-refractivity contribution in [2.75, 3.05) is 43.1 Å². The van der Waals surface area contributed by atoms with E-state index in [1.165, 1.54) is 37.7 Å². The summed E-state index contributed by atoms with van der Waals surface area (Å²) in [6.07, 6.45) is 7.22. The molecule has 0 radical (unpaired) electrons. The Bertz CT molecular complexity index is 860. The summed E-state index contributed by atoms with van der Waals surface area (Å²) >= 11 is 6.27. The van der Waals surface area contributed by atoms with Gasteiger partial charge in [-0.25, -0.2) is 9.97 Å². The van der Waals surface area contributed by atoms with E-state index < -0.39 is 0 Å². The van der Waals surface area contributed by atoms with E-state index in [0.29, 0.717) is 5.92 Å². The number of nitrogens with zero attached hydrogens (tertiary/aromatic N) is 3. The summed E-state index contributed by atoms with van der Waals surface area (Å²) < 4.78 is 5.59. The molecule has 5 nitrogen and oxygen atoms in total. The minimum atomic E-state index is 0.478. The van der Waals surface area contributed by atoms with Crippen LogP contribution in [0.25, 0.3) is 11.3 Å². The van der Waals surface area contributed by atoms with Gasteiger partial charge in [-0.1, -0.05) is 30.9 Å². The molecule has 28 heavy (non-hydrogen) atoms. The molecule has 5 rings (SSSR count). The summed E-state index contributed by atoms with van der Waals surface area (Å²) in [7, 11) is 0. The van der Waals surface area contributed by atoms with Gasteiger partial charge < -0.3 is 15.0 Å². The van der Waals surface area contributed by atoms with Gasteiger partial charge in [0.1, 0.15) is 11.6 Å². The van der Waals surface area contributed by atoms with Crippen LogP contribution in [-0.4, -0.2) is 42.8 Å². The zero-order valence-corrected chi connectivity index (χ0v) is 17.0. The van der Waals surface area contributed by atoms with Crippen LogP contribution in [0.1, 0.15) is 49.4 Å². The average Bonchev–Trinajstić information content (AvgIpc) is 2.93.